The first-order valence-electron chi connectivity index (χ1n) is 11.0. The summed E-state index contributed by atoms with van der Waals surface area (Å²) in [5.74, 6) is 1.93. The predicted octanol–water partition coefficient (Wildman–Crippen LogP) is 4.28. The molecule has 0 aliphatic carbocycles. The van der Waals surface area contributed by atoms with E-state index in [1.165, 1.54) is 0 Å². The summed E-state index contributed by atoms with van der Waals surface area (Å²) in [7, 11) is 3.16. The van der Waals surface area contributed by atoms with Crippen LogP contribution < -0.4 is 20.1 Å². The maximum absolute atomic E-state index is 13.6. The fourth-order valence-electron chi connectivity index (χ4n) is 4.11. The fraction of sp³-hybridized carbons (Fsp3) is 0.154. The minimum atomic E-state index is -0.562. The molecule has 0 saturated carbocycles. The zero-order valence-corrected chi connectivity index (χ0v) is 19.5. The van der Waals surface area contributed by atoms with Gasteiger partial charge >= 0.3 is 0 Å². The number of nitrogens with zero attached hydrogens (tertiary/aromatic N) is 4. The average molecular weight is 469 g/mol. The minimum Gasteiger partial charge on any atom is -0.493 e. The normalized spacial score (nSPS) is 14.7. The largest absolute Gasteiger partial charge is 0.493 e. The topological polar surface area (TPSA) is 103 Å². The number of amides is 1. The van der Waals surface area contributed by atoms with Crippen LogP contribution in [0, 0.1) is 0 Å². The Bertz CT molecular complexity index is 1400. The molecule has 9 heteroatoms. The second-order valence-corrected chi connectivity index (χ2v) is 7.95. The Hall–Kier alpha value is -4.66. The lowest BCUT2D eigenvalue weighted by atomic mass is 9.94. The van der Waals surface area contributed by atoms with Crippen LogP contribution in [0.1, 0.15) is 18.5 Å². The molecule has 35 heavy (non-hydrogen) atoms. The molecule has 3 heterocycles. The molecule has 4 aromatic rings. The molecular weight excluding hydrogens is 444 g/mol. The number of carbonyl (C=O) groups excluding carboxylic acids is 1. The van der Waals surface area contributed by atoms with Gasteiger partial charge in [0.25, 0.3) is 5.91 Å². The van der Waals surface area contributed by atoms with E-state index in [0.29, 0.717) is 40.2 Å². The molecule has 2 N–H and O–H groups in total. The number of anilines is 2. The fourth-order valence-corrected chi connectivity index (χ4v) is 4.11. The first-order chi connectivity index (χ1) is 17.1. The van der Waals surface area contributed by atoms with Gasteiger partial charge in [0.1, 0.15) is 6.04 Å². The third kappa shape index (κ3) is 4.19. The number of pyridine rings is 1. The summed E-state index contributed by atoms with van der Waals surface area (Å²) in [5.41, 5.74) is 3.46. The Morgan fingerprint density at radius 3 is 2.54 bits per heavy atom. The molecule has 2 aromatic heterocycles. The molecule has 176 valence electrons. The number of rotatable bonds is 6. The van der Waals surface area contributed by atoms with Crippen LogP contribution in [0.5, 0.6) is 11.5 Å². The van der Waals surface area contributed by atoms with Crippen LogP contribution in [-0.4, -0.2) is 39.9 Å². The lowest BCUT2D eigenvalue weighted by Crippen LogP contribution is -2.31. The van der Waals surface area contributed by atoms with E-state index in [0.717, 1.165) is 11.1 Å². The van der Waals surface area contributed by atoms with Gasteiger partial charge in [-0.3, -0.25) is 9.78 Å². The van der Waals surface area contributed by atoms with E-state index in [9.17, 15) is 4.79 Å². The summed E-state index contributed by atoms with van der Waals surface area (Å²) in [6.45, 7) is 1.86. The van der Waals surface area contributed by atoms with Crippen LogP contribution in [0.25, 0.3) is 11.4 Å². The Balaban J connectivity index is 1.63. The number of methoxy groups -OCH3 is 2. The quantitative estimate of drug-likeness (QED) is 0.435. The number of benzene rings is 2. The first kappa shape index (κ1) is 22.1. The van der Waals surface area contributed by atoms with E-state index in [-0.39, 0.29) is 5.91 Å². The lowest BCUT2D eigenvalue weighted by molar-refractivity contribution is -0.113. The Labute approximate surface area is 202 Å². The summed E-state index contributed by atoms with van der Waals surface area (Å²) in [4.78, 5) is 22.4. The van der Waals surface area contributed by atoms with Gasteiger partial charge in [0.2, 0.25) is 5.95 Å². The van der Waals surface area contributed by atoms with Gasteiger partial charge in [0.05, 0.1) is 19.8 Å². The van der Waals surface area contributed by atoms with Crippen molar-refractivity contribution in [2.24, 2.45) is 0 Å². The number of ether oxygens (including phenoxy) is 2. The van der Waals surface area contributed by atoms with Crippen molar-refractivity contribution >= 4 is 17.5 Å². The van der Waals surface area contributed by atoms with Gasteiger partial charge in [0, 0.05) is 29.3 Å². The van der Waals surface area contributed by atoms with Crippen molar-refractivity contribution in [3.8, 4) is 22.9 Å². The molecule has 1 aliphatic heterocycles. The van der Waals surface area contributed by atoms with Crippen molar-refractivity contribution in [2.75, 3.05) is 24.9 Å². The van der Waals surface area contributed by atoms with Gasteiger partial charge in [-0.05, 0) is 48.9 Å². The maximum atomic E-state index is 13.6. The predicted molar refractivity (Wildman–Crippen MR) is 132 cm³/mol. The van der Waals surface area contributed by atoms with Crippen molar-refractivity contribution in [1.29, 1.82) is 0 Å². The molecule has 1 aliphatic rings. The zero-order valence-electron chi connectivity index (χ0n) is 19.5. The standard InChI is InChI=1S/C26H24N6O3/c1-16-22(25(33)29-19-9-5-4-6-10-19)23(17-11-12-20(34-2)21(14-17)35-3)32-26(28-16)30-24(31-32)18-8-7-13-27-15-18/h4-15,23H,1-3H3,(H,29,33)(H,28,30,31)/t23-/m1/s1. The van der Waals surface area contributed by atoms with Gasteiger partial charge in [-0.2, -0.15) is 4.98 Å². The second kappa shape index (κ2) is 9.30. The maximum Gasteiger partial charge on any atom is 0.255 e. The average Bonchev–Trinajstić information content (AvgIpc) is 3.32. The zero-order chi connectivity index (χ0) is 24.4. The van der Waals surface area contributed by atoms with Gasteiger partial charge in [-0.15, -0.1) is 5.10 Å². The monoisotopic (exact) mass is 468 g/mol. The molecule has 1 atom stereocenters. The summed E-state index contributed by atoms with van der Waals surface area (Å²) in [6, 6.07) is 18.1. The third-order valence-electron chi connectivity index (χ3n) is 5.77. The van der Waals surface area contributed by atoms with Crippen molar-refractivity contribution in [3.63, 3.8) is 0 Å². The van der Waals surface area contributed by atoms with Gasteiger partial charge in [-0.25, -0.2) is 4.68 Å². The highest BCUT2D eigenvalue weighted by Crippen LogP contribution is 2.39. The van der Waals surface area contributed by atoms with Crippen molar-refractivity contribution in [1.82, 2.24) is 19.7 Å². The molecule has 0 radical (unpaired) electrons. The summed E-state index contributed by atoms with van der Waals surface area (Å²) >= 11 is 0. The van der Waals surface area contributed by atoms with Gasteiger partial charge in [-0.1, -0.05) is 24.3 Å². The third-order valence-corrected chi connectivity index (χ3v) is 5.77. The summed E-state index contributed by atoms with van der Waals surface area (Å²) in [6.07, 6.45) is 3.40. The number of hydrogen-bond donors (Lipinski definition) is 2. The molecular formula is C26H24N6O3. The van der Waals surface area contributed by atoms with E-state index in [4.69, 9.17) is 14.6 Å². The second-order valence-electron chi connectivity index (χ2n) is 7.95. The number of hydrogen-bond acceptors (Lipinski definition) is 7. The molecule has 0 saturated heterocycles. The number of aromatic nitrogens is 4. The molecule has 2 aromatic carbocycles. The highest BCUT2D eigenvalue weighted by Gasteiger charge is 2.35. The Morgan fingerprint density at radius 2 is 1.83 bits per heavy atom. The van der Waals surface area contributed by atoms with Gasteiger partial charge in [0.15, 0.2) is 17.3 Å². The minimum absolute atomic E-state index is 0.245. The van der Waals surface area contributed by atoms with E-state index >= 15 is 0 Å². The number of nitrogens with one attached hydrogen (secondary N) is 2. The van der Waals surface area contributed by atoms with Crippen LogP contribution in [0.4, 0.5) is 11.6 Å². The Kier molecular flexibility index (Phi) is 5.88. The number of para-hydroxylation sites is 1. The molecule has 0 bridgehead atoms. The van der Waals surface area contributed by atoms with Crippen molar-refractivity contribution in [3.05, 3.63) is 89.9 Å². The summed E-state index contributed by atoms with van der Waals surface area (Å²) in [5, 5.41) is 11.0. The molecule has 1 amide bonds. The van der Waals surface area contributed by atoms with Crippen LogP contribution in [-0.2, 0) is 4.79 Å². The number of allylic oxidation sites excluding steroid dienone is 1. The number of carbonyl (C=O) groups is 1. The van der Waals surface area contributed by atoms with E-state index in [1.54, 1.807) is 31.3 Å². The van der Waals surface area contributed by atoms with Crippen LogP contribution in [0.2, 0.25) is 0 Å². The smallest absolute Gasteiger partial charge is 0.255 e. The van der Waals surface area contributed by atoms with Crippen molar-refractivity contribution < 1.29 is 14.3 Å². The molecule has 9 nitrogen and oxygen atoms in total. The van der Waals surface area contributed by atoms with E-state index in [1.807, 2.05) is 67.6 Å². The lowest BCUT2D eigenvalue weighted by Gasteiger charge is -2.29. The number of fused-ring (bicyclic) bond motifs is 1. The van der Waals surface area contributed by atoms with E-state index < -0.39 is 6.04 Å². The van der Waals surface area contributed by atoms with Crippen LogP contribution in [0.3, 0.4) is 0 Å². The highest BCUT2D eigenvalue weighted by molar-refractivity contribution is 6.06. The summed E-state index contributed by atoms with van der Waals surface area (Å²) < 4.78 is 12.7. The molecule has 5 rings (SSSR count). The van der Waals surface area contributed by atoms with Crippen molar-refractivity contribution in [2.45, 2.75) is 13.0 Å². The molecule has 0 spiro atoms. The molecule has 0 unspecified atom stereocenters. The first-order valence-corrected chi connectivity index (χ1v) is 11.0. The van der Waals surface area contributed by atoms with E-state index in [2.05, 4.69) is 20.6 Å². The van der Waals surface area contributed by atoms with Gasteiger partial charge < -0.3 is 20.1 Å². The SMILES string of the molecule is COc1ccc([C@@H]2C(C(=O)Nc3ccccc3)=C(C)Nc3nc(-c4cccnc4)nn32)cc1OC. The Morgan fingerprint density at radius 1 is 1.03 bits per heavy atom. The van der Waals surface area contributed by atoms with Crippen LogP contribution >= 0.6 is 0 Å². The highest BCUT2D eigenvalue weighted by atomic mass is 16.5. The molecule has 0 fully saturated rings. The van der Waals surface area contributed by atoms with Crippen LogP contribution in [0.15, 0.2) is 84.3 Å².